The van der Waals surface area contributed by atoms with Crippen molar-refractivity contribution < 1.29 is 14.3 Å². The number of carbonyl (C=O) groups excluding carboxylic acids is 2. The topological polar surface area (TPSA) is 67.8 Å². The molecule has 1 saturated carbocycles. The Kier molecular flexibility index (Phi) is 7.23. The number of hydrogen-bond donors (Lipinski definition) is 1. The third kappa shape index (κ3) is 5.42. The monoisotopic (exact) mass is 462 g/mol. The first-order valence-electron chi connectivity index (χ1n) is 9.14. The number of rotatable bonds is 5. The van der Waals surface area contributed by atoms with Crippen LogP contribution in [0.15, 0.2) is 52.0 Å². The first-order chi connectivity index (χ1) is 13.5. The third-order valence-electron chi connectivity index (χ3n) is 4.62. The largest absolute Gasteiger partial charge is 0.422 e. The van der Waals surface area contributed by atoms with E-state index in [2.05, 4.69) is 26.5 Å². The van der Waals surface area contributed by atoms with Gasteiger partial charge in [0.25, 0.3) is 0 Å². The number of hydrazone groups is 1. The molecule has 0 aromatic heterocycles. The number of nitrogens with zero attached hydrogens (tertiary/aromatic N) is 1. The zero-order valence-corrected chi connectivity index (χ0v) is 17.5. The molecule has 0 radical (unpaired) electrons. The molecule has 1 aliphatic carbocycles. The Morgan fingerprint density at radius 3 is 2.64 bits per heavy atom. The maximum absolute atomic E-state index is 12.4. The Bertz CT molecular complexity index is 895. The molecule has 1 fully saturated rings. The van der Waals surface area contributed by atoms with Crippen LogP contribution in [0.25, 0.3) is 0 Å². The van der Waals surface area contributed by atoms with E-state index in [4.69, 9.17) is 16.3 Å². The Morgan fingerprint density at radius 2 is 1.89 bits per heavy atom. The highest BCUT2D eigenvalue weighted by Gasteiger charge is 2.20. The molecular formula is C21H20BrClN2O3. The molecule has 0 saturated heterocycles. The van der Waals surface area contributed by atoms with Crippen molar-refractivity contribution in [2.45, 2.75) is 32.1 Å². The SMILES string of the molecule is O=C(Oc1ccc(Br)cc1C=NNC(=O)C1CCCCC1)c1ccccc1Cl. The molecule has 7 heteroatoms. The van der Waals surface area contributed by atoms with Gasteiger partial charge >= 0.3 is 5.97 Å². The van der Waals surface area contributed by atoms with Crippen molar-refractivity contribution in [2.24, 2.45) is 11.0 Å². The maximum atomic E-state index is 12.4. The Morgan fingerprint density at radius 1 is 1.14 bits per heavy atom. The lowest BCUT2D eigenvalue weighted by atomic mass is 9.89. The highest BCUT2D eigenvalue weighted by molar-refractivity contribution is 9.10. The van der Waals surface area contributed by atoms with Gasteiger partial charge in [0, 0.05) is 16.0 Å². The summed E-state index contributed by atoms with van der Waals surface area (Å²) in [5.41, 5.74) is 3.43. The van der Waals surface area contributed by atoms with Crippen LogP contribution >= 0.6 is 27.5 Å². The molecule has 0 atom stereocenters. The minimum Gasteiger partial charge on any atom is -0.422 e. The lowest BCUT2D eigenvalue weighted by Crippen LogP contribution is -2.28. The highest BCUT2D eigenvalue weighted by atomic mass is 79.9. The van der Waals surface area contributed by atoms with Gasteiger partial charge in [-0.1, -0.05) is 58.9 Å². The average Bonchev–Trinajstić information content (AvgIpc) is 2.70. The van der Waals surface area contributed by atoms with E-state index in [-0.39, 0.29) is 17.4 Å². The van der Waals surface area contributed by atoms with Crippen LogP contribution in [0.1, 0.15) is 48.0 Å². The predicted molar refractivity (Wildman–Crippen MR) is 113 cm³/mol. The van der Waals surface area contributed by atoms with E-state index in [1.165, 1.54) is 12.6 Å². The summed E-state index contributed by atoms with van der Waals surface area (Å²) in [7, 11) is 0. The molecule has 146 valence electrons. The number of ether oxygens (including phenoxy) is 1. The predicted octanol–water partition coefficient (Wildman–Crippen LogP) is 5.35. The smallest absolute Gasteiger partial charge is 0.345 e. The van der Waals surface area contributed by atoms with Crippen LogP contribution in [0, 0.1) is 5.92 Å². The van der Waals surface area contributed by atoms with Crippen molar-refractivity contribution in [3.63, 3.8) is 0 Å². The van der Waals surface area contributed by atoms with E-state index < -0.39 is 5.97 Å². The molecule has 5 nitrogen and oxygen atoms in total. The summed E-state index contributed by atoms with van der Waals surface area (Å²) in [6.07, 6.45) is 6.62. The lowest BCUT2D eigenvalue weighted by molar-refractivity contribution is -0.125. The minimum atomic E-state index is -0.561. The maximum Gasteiger partial charge on any atom is 0.345 e. The summed E-state index contributed by atoms with van der Waals surface area (Å²) in [4.78, 5) is 24.6. The van der Waals surface area contributed by atoms with Gasteiger partial charge in [-0.15, -0.1) is 0 Å². The molecule has 2 aromatic rings. The lowest BCUT2D eigenvalue weighted by Gasteiger charge is -2.19. The fraction of sp³-hybridized carbons (Fsp3) is 0.286. The van der Waals surface area contributed by atoms with Crippen LogP contribution in [-0.4, -0.2) is 18.1 Å². The van der Waals surface area contributed by atoms with Crippen molar-refractivity contribution in [3.8, 4) is 5.75 Å². The summed E-state index contributed by atoms with van der Waals surface area (Å²) < 4.78 is 6.29. The quantitative estimate of drug-likeness (QED) is 0.281. The van der Waals surface area contributed by atoms with E-state index >= 15 is 0 Å². The first-order valence-corrected chi connectivity index (χ1v) is 10.3. The van der Waals surface area contributed by atoms with Gasteiger partial charge in [-0.2, -0.15) is 5.10 Å². The molecular weight excluding hydrogens is 444 g/mol. The fourth-order valence-corrected chi connectivity index (χ4v) is 3.71. The number of amides is 1. The average molecular weight is 464 g/mol. The van der Waals surface area contributed by atoms with Gasteiger partial charge in [0.2, 0.25) is 5.91 Å². The van der Waals surface area contributed by atoms with Gasteiger partial charge in [0.05, 0.1) is 16.8 Å². The highest BCUT2D eigenvalue weighted by Crippen LogP contribution is 2.25. The van der Waals surface area contributed by atoms with Crippen LogP contribution < -0.4 is 10.2 Å². The molecule has 0 spiro atoms. The third-order valence-corrected chi connectivity index (χ3v) is 5.45. The Balaban J connectivity index is 1.71. The molecule has 1 amide bonds. The van der Waals surface area contributed by atoms with Gasteiger partial charge in [0.1, 0.15) is 5.75 Å². The zero-order chi connectivity index (χ0) is 19.9. The van der Waals surface area contributed by atoms with Crippen molar-refractivity contribution >= 4 is 45.6 Å². The van der Waals surface area contributed by atoms with E-state index in [1.54, 1.807) is 42.5 Å². The van der Waals surface area contributed by atoms with E-state index in [0.717, 1.165) is 30.2 Å². The molecule has 0 heterocycles. The molecule has 1 N–H and O–H groups in total. The van der Waals surface area contributed by atoms with E-state index in [1.807, 2.05) is 0 Å². The summed E-state index contributed by atoms with van der Waals surface area (Å²) in [5.74, 6) is -0.288. The fourth-order valence-electron chi connectivity index (χ4n) is 3.12. The molecule has 28 heavy (non-hydrogen) atoms. The van der Waals surface area contributed by atoms with Crippen LogP contribution in [0.4, 0.5) is 0 Å². The van der Waals surface area contributed by atoms with Gasteiger partial charge in [-0.25, -0.2) is 10.2 Å². The second-order valence-electron chi connectivity index (χ2n) is 6.62. The Labute approximate surface area is 177 Å². The van der Waals surface area contributed by atoms with Gasteiger partial charge in [-0.05, 0) is 43.2 Å². The van der Waals surface area contributed by atoms with Crippen LogP contribution in [0.2, 0.25) is 5.02 Å². The Hall–Kier alpha value is -2.18. The number of benzene rings is 2. The second kappa shape index (κ2) is 9.85. The van der Waals surface area contributed by atoms with Crippen LogP contribution in [0.3, 0.4) is 0 Å². The summed E-state index contributed by atoms with van der Waals surface area (Å²) >= 11 is 9.45. The minimum absolute atomic E-state index is 0.0194. The summed E-state index contributed by atoms with van der Waals surface area (Å²) in [6.45, 7) is 0. The standard InChI is InChI=1S/C21H20BrClN2O3/c22-16-10-11-19(28-21(27)17-8-4-5-9-18(17)23)15(12-16)13-24-25-20(26)14-6-2-1-3-7-14/h4-5,8-14H,1-3,6-7H2,(H,25,26). The summed E-state index contributed by atoms with van der Waals surface area (Å²) in [5, 5.41) is 4.37. The van der Waals surface area contributed by atoms with E-state index in [0.29, 0.717) is 16.3 Å². The molecule has 0 aliphatic heterocycles. The van der Waals surface area contributed by atoms with Crippen molar-refractivity contribution in [3.05, 3.63) is 63.1 Å². The summed E-state index contributed by atoms with van der Waals surface area (Å²) in [6, 6.07) is 11.9. The van der Waals surface area contributed by atoms with Crippen molar-refractivity contribution in [2.75, 3.05) is 0 Å². The van der Waals surface area contributed by atoms with Gasteiger partial charge in [0.15, 0.2) is 0 Å². The van der Waals surface area contributed by atoms with Gasteiger partial charge < -0.3 is 4.74 Å². The molecule has 0 bridgehead atoms. The zero-order valence-electron chi connectivity index (χ0n) is 15.2. The molecule has 1 aliphatic rings. The number of esters is 1. The van der Waals surface area contributed by atoms with Crippen molar-refractivity contribution in [1.82, 2.24) is 5.43 Å². The number of carbonyl (C=O) groups is 2. The number of halogens is 2. The van der Waals surface area contributed by atoms with Crippen LogP contribution in [-0.2, 0) is 4.79 Å². The molecule has 0 unspecified atom stereocenters. The van der Waals surface area contributed by atoms with E-state index in [9.17, 15) is 9.59 Å². The number of hydrogen-bond acceptors (Lipinski definition) is 4. The molecule has 2 aromatic carbocycles. The first kappa shape index (κ1) is 20.6. The second-order valence-corrected chi connectivity index (χ2v) is 7.94. The van der Waals surface area contributed by atoms with Crippen LogP contribution in [0.5, 0.6) is 5.75 Å². The normalized spacial score (nSPS) is 14.8. The van der Waals surface area contributed by atoms with Crippen molar-refractivity contribution in [1.29, 1.82) is 0 Å². The van der Waals surface area contributed by atoms with Gasteiger partial charge in [-0.3, -0.25) is 4.79 Å². The molecule has 3 rings (SSSR count). The number of nitrogens with one attached hydrogen (secondary N) is 1.